The van der Waals surface area contributed by atoms with Gasteiger partial charge in [-0.3, -0.25) is 4.99 Å². The first-order valence-electron chi connectivity index (χ1n) is 7.61. The first-order valence-corrected chi connectivity index (χ1v) is 7.99. The van der Waals surface area contributed by atoms with Gasteiger partial charge in [-0.25, -0.2) is 0 Å². The molecule has 2 rings (SSSR count). The maximum Gasteiger partial charge on any atom is 0.228 e. The minimum atomic E-state index is 0. The summed E-state index contributed by atoms with van der Waals surface area (Å²) in [5.74, 6) is 2.49. The van der Waals surface area contributed by atoms with Crippen LogP contribution in [-0.2, 0) is 6.42 Å². The third-order valence-corrected chi connectivity index (χ3v) is 3.36. The van der Waals surface area contributed by atoms with Gasteiger partial charge in [-0.1, -0.05) is 30.6 Å². The zero-order chi connectivity index (χ0) is 16.7. The normalized spacial score (nSPS) is 11.3. The number of benzene rings is 1. The van der Waals surface area contributed by atoms with Gasteiger partial charge < -0.3 is 15.2 Å². The van der Waals surface area contributed by atoms with Crippen LogP contribution in [0.15, 0.2) is 33.8 Å². The van der Waals surface area contributed by atoms with Crippen LogP contribution in [0, 0.1) is 5.92 Å². The zero-order valence-electron chi connectivity index (χ0n) is 14.0. The van der Waals surface area contributed by atoms with Crippen molar-refractivity contribution in [2.75, 3.05) is 20.1 Å². The van der Waals surface area contributed by atoms with Crippen LogP contribution >= 0.6 is 35.6 Å². The highest BCUT2D eigenvalue weighted by Gasteiger charge is 2.08. The number of hydrogen-bond acceptors (Lipinski definition) is 4. The number of aliphatic imine (C=N–C) groups is 1. The van der Waals surface area contributed by atoms with Gasteiger partial charge in [0.25, 0.3) is 0 Å². The van der Waals surface area contributed by atoms with E-state index in [4.69, 9.17) is 16.1 Å². The van der Waals surface area contributed by atoms with Gasteiger partial charge in [0.05, 0.1) is 0 Å². The van der Waals surface area contributed by atoms with Gasteiger partial charge in [-0.2, -0.15) is 4.98 Å². The first-order chi connectivity index (χ1) is 11.1. The largest absolute Gasteiger partial charge is 0.356 e. The summed E-state index contributed by atoms with van der Waals surface area (Å²) in [4.78, 5) is 8.55. The number of halogens is 2. The lowest BCUT2D eigenvalue weighted by atomic mass is 10.2. The minimum Gasteiger partial charge on any atom is -0.356 e. The fourth-order valence-electron chi connectivity index (χ4n) is 1.88. The summed E-state index contributed by atoms with van der Waals surface area (Å²) in [6.07, 6.45) is 0.628. The third-order valence-electron chi connectivity index (χ3n) is 3.10. The molecule has 1 heterocycles. The molecule has 0 bridgehead atoms. The summed E-state index contributed by atoms with van der Waals surface area (Å²) in [7, 11) is 1.75. The van der Waals surface area contributed by atoms with E-state index >= 15 is 0 Å². The van der Waals surface area contributed by atoms with Crippen LogP contribution in [0.2, 0.25) is 5.02 Å². The highest BCUT2D eigenvalue weighted by Crippen LogP contribution is 2.18. The van der Waals surface area contributed by atoms with E-state index in [-0.39, 0.29) is 24.0 Å². The van der Waals surface area contributed by atoms with E-state index in [1.165, 1.54) is 0 Å². The molecule has 1 aromatic carbocycles. The van der Waals surface area contributed by atoms with Crippen molar-refractivity contribution in [3.05, 3.63) is 35.2 Å². The van der Waals surface area contributed by atoms with E-state index in [9.17, 15) is 0 Å². The Kier molecular flexibility index (Phi) is 9.05. The average molecular weight is 464 g/mol. The van der Waals surface area contributed by atoms with Gasteiger partial charge in [0, 0.05) is 37.1 Å². The van der Waals surface area contributed by atoms with Crippen molar-refractivity contribution in [3.8, 4) is 11.4 Å². The number of nitrogens with one attached hydrogen (secondary N) is 2. The Morgan fingerprint density at radius 3 is 2.58 bits per heavy atom. The summed E-state index contributed by atoms with van der Waals surface area (Å²) >= 11 is 5.87. The predicted octanol–water partition coefficient (Wildman–Crippen LogP) is 3.37. The number of hydrogen-bond donors (Lipinski definition) is 2. The molecule has 0 fully saturated rings. The summed E-state index contributed by atoms with van der Waals surface area (Å²) in [6.45, 7) is 5.84. The number of guanidine groups is 1. The Morgan fingerprint density at radius 2 is 1.96 bits per heavy atom. The van der Waals surface area contributed by atoms with E-state index in [1.807, 2.05) is 12.1 Å². The molecule has 6 nitrogen and oxygen atoms in total. The molecule has 24 heavy (non-hydrogen) atoms. The second-order valence-corrected chi connectivity index (χ2v) is 5.98. The lowest BCUT2D eigenvalue weighted by Crippen LogP contribution is -2.39. The Bertz CT molecular complexity index is 642. The van der Waals surface area contributed by atoms with E-state index in [0.29, 0.717) is 35.6 Å². The fraction of sp³-hybridized carbons (Fsp3) is 0.438. The second kappa shape index (κ2) is 10.5. The van der Waals surface area contributed by atoms with E-state index in [1.54, 1.807) is 19.2 Å². The Balaban J connectivity index is 0.00000288. The molecule has 0 amide bonds. The quantitative estimate of drug-likeness (QED) is 0.390. The van der Waals surface area contributed by atoms with Crippen LogP contribution in [-0.4, -0.2) is 36.2 Å². The van der Waals surface area contributed by atoms with Crippen molar-refractivity contribution in [1.82, 2.24) is 20.8 Å². The van der Waals surface area contributed by atoms with Crippen molar-refractivity contribution in [3.63, 3.8) is 0 Å². The highest BCUT2D eigenvalue weighted by molar-refractivity contribution is 14.0. The van der Waals surface area contributed by atoms with Crippen LogP contribution in [0.5, 0.6) is 0 Å². The summed E-state index contributed by atoms with van der Waals surface area (Å²) in [6, 6.07) is 7.34. The standard InChI is InChI=1S/C16H22ClN5O.HI/c1-11(2)10-20-16(18-3)19-9-8-14-21-15(22-23-14)12-4-6-13(17)7-5-12;/h4-7,11H,8-10H2,1-3H3,(H2,18,19,20);1H. The smallest absolute Gasteiger partial charge is 0.228 e. The van der Waals surface area contributed by atoms with Gasteiger partial charge in [-0.15, -0.1) is 24.0 Å². The summed E-state index contributed by atoms with van der Waals surface area (Å²) < 4.78 is 5.27. The second-order valence-electron chi connectivity index (χ2n) is 5.54. The molecule has 0 saturated carbocycles. The molecule has 0 saturated heterocycles. The minimum absolute atomic E-state index is 0. The Morgan fingerprint density at radius 1 is 1.25 bits per heavy atom. The lowest BCUT2D eigenvalue weighted by Gasteiger charge is -2.12. The molecule has 0 aliphatic heterocycles. The molecule has 0 atom stereocenters. The van der Waals surface area contributed by atoms with Gasteiger partial charge in [0.2, 0.25) is 11.7 Å². The van der Waals surface area contributed by atoms with Crippen molar-refractivity contribution < 1.29 is 4.52 Å². The van der Waals surface area contributed by atoms with Crippen LogP contribution in [0.4, 0.5) is 0 Å². The monoisotopic (exact) mass is 463 g/mol. The van der Waals surface area contributed by atoms with Crippen LogP contribution in [0.1, 0.15) is 19.7 Å². The topological polar surface area (TPSA) is 75.3 Å². The molecular weight excluding hydrogens is 441 g/mol. The summed E-state index contributed by atoms with van der Waals surface area (Å²) in [5.41, 5.74) is 0.881. The number of aromatic nitrogens is 2. The zero-order valence-corrected chi connectivity index (χ0v) is 17.1. The molecule has 0 radical (unpaired) electrons. The van der Waals surface area contributed by atoms with Crippen molar-refractivity contribution in [2.45, 2.75) is 20.3 Å². The summed E-state index contributed by atoms with van der Waals surface area (Å²) in [5, 5.41) is 11.1. The van der Waals surface area contributed by atoms with E-state index < -0.39 is 0 Å². The predicted molar refractivity (Wildman–Crippen MR) is 108 cm³/mol. The van der Waals surface area contributed by atoms with Gasteiger partial charge >= 0.3 is 0 Å². The molecule has 2 aromatic rings. The first kappa shape index (κ1) is 20.7. The van der Waals surface area contributed by atoms with Crippen LogP contribution < -0.4 is 10.6 Å². The van der Waals surface area contributed by atoms with E-state index in [0.717, 1.165) is 18.1 Å². The van der Waals surface area contributed by atoms with Gasteiger partial charge in [0.1, 0.15) is 0 Å². The van der Waals surface area contributed by atoms with E-state index in [2.05, 4.69) is 39.6 Å². The Hall–Kier alpha value is -1.35. The molecule has 0 aliphatic rings. The molecule has 2 N–H and O–H groups in total. The van der Waals surface area contributed by atoms with Crippen molar-refractivity contribution >= 4 is 41.5 Å². The Labute approximate surface area is 164 Å². The third kappa shape index (κ3) is 6.64. The van der Waals surface area contributed by atoms with Crippen LogP contribution in [0.25, 0.3) is 11.4 Å². The lowest BCUT2D eigenvalue weighted by molar-refractivity contribution is 0.378. The molecular formula is C16H23ClIN5O. The SMILES string of the molecule is CN=C(NCCc1nc(-c2ccc(Cl)cc2)no1)NCC(C)C.I. The van der Waals surface area contributed by atoms with Crippen LogP contribution in [0.3, 0.4) is 0 Å². The van der Waals surface area contributed by atoms with Crippen molar-refractivity contribution in [2.24, 2.45) is 10.9 Å². The van der Waals surface area contributed by atoms with Gasteiger partial charge in [-0.05, 0) is 30.2 Å². The fourth-order valence-corrected chi connectivity index (χ4v) is 2.01. The maximum atomic E-state index is 5.87. The average Bonchev–Trinajstić information content (AvgIpc) is 3.00. The molecule has 0 aliphatic carbocycles. The number of nitrogens with zero attached hydrogens (tertiary/aromatic N) is 3. The molecule has 1 aromatic heterocycles. The molecule has 0 unspecified atom stereocenters. The van der Waals surface area contributed by atoms with Gasteiger partial charge in [0.15, 0.2) is 5.96 Å². The molecule has 0 spiro atoms. The molecule has 132 valence electrons. The highest BCUT2D eigenvalue weighted by atomic mass is 127. The molecule has 8 heteroatoms. The maximum absolute atomic E-state index is 5.87. The van der Waals surface area contributed by atoms with Crippen molar-refractivity contribution in [1.29, 1.82) is 0 Å². The number of rotatable bonds is 6.